The van der Waals surface area contributed by atoms with Crippen molar-refractivity contribution in [1.82, 2.24) is 24.9 Å². The van der Waals surface area contributed by atoms with Gasteiger partial charge in [0.2, 0.25) is 11.8 Å². The van der Waals surface area contributed by atoms with Gasteiger partial charge in [-0.2, -0.15) is 0 Å². The maximum Gasteiger partial charge on any atom is 0.249 e. The Kier molecular flexibility index (Phi) is 6.91. The van der Waals surface area contributed by atoms with Crippen LogP contribution in [0.4, 0.5) is 5.69 Å². The number of aromatic nitrogens is 4. The molecule has 1 unspecified atom stereocenters. The van der Waals surface area contributed by atoms with E-state index in [1.165, 1.54) is 6.42 Å². The lowest BCUT2D eigenvalue weighted by molar-refractivity contribution is -0.127. The van der Waals surface area contributed by atoms with Gasteiger partial charge >= 0.3 is 0 Å². The van der Waals surface area contributed by atoms with Crippen LogP contribution in [0.2, 0.25) is 0 Å². The lowest BCUT2D eigenvalue weighted by atomic mass is 9.95. The molecular formula is C29H32N6O4. The molecule has 1 saturated carbocycles. The molecule has 3 heterocycles. The molecule has 6 rings (SSSR count). The number of aryl methyl sites for hydroxylation is 1. The minimum absolute atomic E-state index is 0.0884. The van der Waals surface area contributed by atoms with Crippen LogP contribution in [0.15, 0.2) is 60.8 Å². The zero-order valence-corrected chi connectivity index (χ0v) is 22.0. The molecule has 2 amide bonds. The van der Waals surface area contributed by atoms with Gasteiger partial charge in [-0.05, 0) is 49.2 Å². The van der Waals surface area contributed by atoms with Crippen LogP contribution >= 0.6 is 0 Å². The van der Waals surface area contributed by atoms with Crippen molar-refractivity contribution >= 4 is 28.5 Å². The molecule has 1 aliphatic heterocycles. The molecule has 0 bridgehead atoms. The average Bonchev–Trinajstić information content (AvgIpc) is 3.57. The van der Waals surface area contributed by atoms with Crippen molar-refractivity contribution in [2.75, 3.05) is 18.1 Å². The molecule has 202 valence electrons. The van der Waals surface area contributed by atoms with E-state index in [4.69, 9.17) is 9.47 Å². The predicted octanol–water partition coefficient (Wildman–Crippen LogP) is 3.76. The Labute approximate surface area is 226 Å². The monoisotopic (exact) mass is 528 g/mol. The number of carbonyl (C=O) groups excluding carboxylic acids is 2. The quantitative estimate of drug-likeness (QED) is 0.392. The van der Waals surface area contributed by atoms with E-state index in [1.807, 2.05) is 54.2 Å². The Bertz CT molecular complexity index is 1490. The van der Waals surface area contributed by atoms with Crippen molar-refractivity contribution in [2.45, 2.75) is 50.7 Å². The second-order valence-electron chi connectivity index (χ2n) is 10.1. The number of para-hydroxylation sites is 1. The number of anilines is 1. The first-order valence-corrected chi connectivity index (χ1v) is 13.5. The maximum atomic E-state index is 14.2. The van der Waals surface area contributed by atoms with Crippen LogP contribution in [0.3, 0.4) is 0 Å². The molecule has 10 nitrogen and oxygen atoms in total. The van der Waals surface area contributed by atoms with Crippen LogP contribution in [0.1, 0.15) is 43.8 Å². The molecule has 2 aromatic heterocycles. The molecule has 1 N–H and O–H groups in total. The molecule has 0 saturated heterocycles. The van der Waals surface area contributed by atoms with E-state index in [0.29, 0.717) is 41.6 Å². The number of rotatable bonds is 7. The molecule has 2 aliphatic rings. The Morgan fingerprint density at radius 1 is 1.03 bits per heavy atom. The Balaban J connectivity index is 1.42. The van der Waals surface area contributed by atoms with E-state index in [-0.39, 0.29) is 24.4 Å². The van der Waals surface area contributed by atoms with Gasteiger partial charge in [0.1, 0.15) is 25.3 Å². The third-order valence-electron chi connectivity index (χ3n) is 7.50. The first-order valence-electron chi connectivity index (χ1n) is 13.5. The average molecular weight is 529 g/mol. The lowest BCUT2D eigenvalue weighted by Crippen LogP contribution is -2.48. The fourth-order valence-electron chi connectivity index (χ4n) is 5.53. The highest BCUT2D eigenvalue weighted by atomic mass is 16.6. The predicted molar refractivity (Wildman–Crippen MR) is 146 cm³/mol. The summed E-state index contributed by atoms with van der Waals surface area (Å²) in [6, 6.07) is 15.8. The minimum atomic E-state index is -0.906. The minimum Gasteiger partial charge on any atom is -0.486 e. The summed E-state index contributed by atoms with van der Waals surface area (Å²) in [7, 11) is 1.88. The first-order chi connectivity index (χ1) is 19.1. The van der Waals surface area contributed by atoms with Gasteiger partial charge in [-0.25, -0.2) is 4.68 Å². The summed E-state index contributed by atoms with van der Waals surface area (Å²) in [6.45, 7) is 0.787. The van der Waals surface area contributed by atoms with Crippen LogP contribution < -0.4 is 19.7 Å². The van der Waals surface area contributed by atoms with Crippen molar-refractivity contribution in [2.24, 2.45) is 7.05 Å². The first kappa shape index (κ1) is 25.0. The second kappa shape index (κ2) is 10.8. The number of fused-ring (bicyclic) bond motifs is 2. The van der Waals surface area contributed by atoms with Gasteiger partial charge in [0.05, 0.1) is 11.2 Å². The molecule has 1 atom stereocenters. The van der Waals surface area contributed by atoms with Gasteiger partial charge in [-0.3, -0.25) is 14.5 Å². The molecule has 39 heavy (non-hydrogen) atoms. The van der Waals surface area contributed by atoms with Crippen molar-refractivity contribution in [1.29, 1.82) is 0 Å². The third-order valence-corrected chi connectivity index (χ3v) is 7.50. The zero-order valence-electron chi connectivity index (χ0n) is 22.0. The normalized spacial score (nSPS) is 16.1. The number of amides is 2. The van der Waals surface area contributed by atoms with Crippen molar-refractivity contribution in [3.05, 3.63) is 66.5 Å². The Morgan fingerprint density at radius 3 is 2.62 bits per heavy atom. The summed E-state index contributed by atoms with van der Waals surface area (Å²) >= 11 is 0. The van der Waals surface area contributed by atoms with Crippen LogP contribution in [-0.2, 0) is 23.2 Å². The summed E-state index contributed by atoms with van der Waals surface area (Å²) in [6.07, 6.45) is 7.12. The van der Waals surface area contributed by atoms with Crippen molar-refractivity contribution in [3.63, 3.8) is 0 Å². The number of nitrogens with zero attached hydrogens (tertiary/aromatic N) is 5. The van der Waals surface area contributed by atoms with Gasteiger partial charge in [0.25, 0.3) is 0 Å². The van der Waals surface area contributed by atoms with Crippen molar-refractivity contribution < 1.29 is 19.1 Å². The summed E-state index contributed by atoms with van der Waals surface area (Å²) < 4.78 is 15.0. The molecule has 0 spiro atoms. The molecule has 1 fully saturated rings. The summed E-state index contributed by atoms with van der Waals surface area (Å²) in [5, 5.41) is 11.7. The summed E-state index contributed by atoms with van der Waals surface area (Å²) in [5.41, 5.74) is 2.69. The number of benzene rings is 2. The standard InChI is InChI=1S/C29H32N6O4/c1-33-15-7-12-24(33)28(29(37)30-20-8-3-2-4-9-20)35(21-13-14-25-26(18-21)39-17-16-38-25)27(36)19-34-23-11-6-5-10-22(23)31-32-34/h5-7,10-15,18,20,28H,2-4,8-9,16-17,19H2,1H3,(H,30,37). The van der Waals surface area contributed by atoms with Gasteiger partial charge < -0.3 is 19.4 Å². The SMILES string of the molecule is Cn1cccc1C(C(=O)NC1CCCCC1)N(C(=O)Cn1nnc2ccccc21)c1ccc2c(c1)OCCO2. The zero-order chi connectivity index (χ0) is 26.8. The van der Waals surface area contributed by atoms with Gasteiger partial charge in [-0.15, -0.1) is 5.10 Å². The molecular weight excluding hydrogens is 496 g/mol. The number of carbonyl (C=O) groups is 2. The number of hydrogen-bond acceptors (Lipinski definition) is 6. The summed E-state index contributed by atoms with van der Waals surface area (Å²) in [5.74, 6) is 0.644. The highest BCUT2D eigenvalue weighted by Gasteiger charge is 2.36. The van der Waals surface area contributed by atoms with E-state index in [2.05, 4.69) is 15.6 Å². The van der Waals surface area contributed by atoms with Gasteiger partial charge in [0, 0.05) is 31.0 Å². The fourth-order valence-corrected chi connectivity index (χ4v) is 5.53. The fraction of sp³-hybridized carbons (Fsp3) is 0.379. The van der Waals surface area contributed by atoms with E-state index in [9.17, 15) is 9.59 Å². The van der Waals surface area contributed by atoms with E-state index in [1.54, 1.807) is 27.8 Å². The number of nitrogens with one attached hydrogen (secondary N) is 1. The van der Waals surface area contributed by atoms with Crippen LogP contribution in [0.5, 0.6) is 11.5 Å². The Morgan fingerprint density at radius 2 is 1.82 bits per heavy atom. The lowest BCUT2D eigenvalue weighted by Gasteiger charge is -2.34. The molecule has 10 heteroatoms. The van der Waals surface area contributed by atoms with E-state index < -0.39 is 6.04 Å². The van der Waals surface area contributed by atoms with Crippen molar-refractivity contribution in [3.8, 4) is 11.5 Å². The summed E-state index contributed by atoms with van der Waals surface area (Å²) in [4.78, 5) is 29.9. The molecule has 4 aromatic rings. The van der Waals surface area contributed by atoms with E-state index in [0.717, 1.165) is 31.2 Å². The highest BCUT2D eigenvalue weighted by molar-refractivity contribution is 6.01. The largest absolute Gasteiger partial charge is 0.486 e. The topological polar surface area (TPSA) is 104 Å². The smallest absolute Gasteiger partial charge is 0.249 e. The Hall–Kier alpha value is -4.34. The van der Waals surface area contributed by atoms with Crippen LogP contribution in [0, 0.1) is 0 Å². The van der Waals surface area contributed by atoms with Gasteiger partial charge in [-0.1, -0.05) is 36.6 Å². The number of ether oxygens (including phenoxy) is 2. The highest BCUT2D eigenvalue weighted by Crippen LogP contribution is 2.37. The second-order valence-corrected chi connectivity index (χ2v) is 10.1. The van der Waals surface area contributed by atoms with Gasteiger partial charge in [0.15, 0.2) is 17.5 Å². The maximum absolute atomic E-state index is 14.2. The molecule has 2 aromatic carbocycles. The molecule has 1 aliphatic carbocycles. The van der Waals surface area contributed by atoms with E-state index >= 15 is 0 Å². The van der Waals surface area contributed by atoms with Crippen LogP contribution in [-0.4, -0.2) is 50.6 Å². The molecule has 0 radical (unpaired) electrons. The van der Waals surface area contributed by atoms with Crippen LogP contribution in [0.25, 0.3) is 11.0 Å². The number of hydrogen-bond donors (Lipinski definition) is 1. The third kappa shape index (κ3) is 5.06.